The molecule has 0 radical (unpaired) electrons. The van der Waals surface area contributed by atoms with E-state index in [1.54, 1.807) is 0 Å². The third-order valence-electron chi connectivity index (χ3n) is 3.60. The summed E-state index contributed by atoms with van der Waals surface area (Å²) in [4.78, 5) is 23.0. The van der Waals surface area contributed by atoms with Gasteiger partial charge in [-0.3, -0.25) is 15.0 Å². The molecule has 5 nitrogen and oxygen atoms in total. The lowest BCUT2D eigenvalue weighted by molar-refractivity contribution is -0.123. The fourth-order valence-electron chi connectivity index (χ4n) is 2.44. The first-order valence-corrected chi connectivity index (χ1v) is 5.60. The van der Waals surface area contributed by atoms with Gasteiger partial charge in [0.1, 0.15) is 0 Å². The molecule has 1 aliphatic heterocycles. The zero-order valence-corrected chi connectivity index (χ0v) is 9.25. The van der Waals surface area contributed by atoms with Gasteiger partial charge >= 0.3 is 0 Å². The monoisotopic (exact) mass is 231 g/mol. The summed E-state index contributed by atoms with van der Waals surface area (Å²) in [7, 11) is 0. The first kappa shape index (κ1) is 10.3. The fourth-order valence-corrected chi connectivity index (χ4v) is 2.44. The normalized spacial score (nSPS) is 19.5. The first-order valence-electron chi connectivity index (χ1n) is 5.60. The van der Waals surface area contributed by atoms with E-state index in [-0.39, 0.29) is 11.8 Å². The van der Waals surface area contributed by atoms with E-state index in [0.717, 1.165) is 29.7 Å². The second-order valence-corrected chi connectivity index (χ2v) is 4.65. The highest BCUT2D eigenvalue weighted by Crippen LogP contribution is 2.49. The Kier molecular flexibility index (Phi) is 2.00. The maximum absolute atomic E-state index is 11.7. The molecule has 2 amide bonds. The molecule has 4 N–H and O–H groups in total. The number of hydrogen-bond donors (Lipinski definition) is 3. The molecule has 0 spiro atoms. The molecular formula is C12H13N3O2. The fraction of sp³-hybridized carbons (Fsp3) is 0.333. The van der Waals surface area contributed by atoms with Gasteiger partial charge in [0, 0.05) is 5.69 Å². The summed E-state index contributed by atoms with van der Waals surface area (Å²) in [5.74, 6) is 5.07. The van der Waals surface area contributed by atoms with Crippen LogP contribution in [0.4, 0.5) is 5.69 Å². The highest BCUT2D eigenvalue weighted by Gasteiger charge is 2.51. The van der Waals surface area contributed by atoms with Crippen LogP contribution in [0.2, 0.25) is 0 Å². The molecule has 1 fully saturated rings. The Morgan fingerprint density at radius 2 is 2.18 bits per heavy atom. The lowest BCUT2D eigenvalue weighted by Gasteiger charge is -2.14. The standard InChI is InChI=1S/C12H13N3O2/c13-15-11(17)12(3-4-12)8-1-2-9-7(5-8)6-10(16)14-9/h1-2,5H,3-4,6,13H2,(H,14,16)(H,15,17). The summed E-state index contributed by atoms with van der Waals surface area (Å²) in [5.41, 5.74) is 4.52. The van der Waals surface area contributed by atoms with Crippen LogP contribution in [0, 0.1) is 0 Å². The van der Waals surface area contributed by atoms with Gasteiger partial charge in [0.05, 0.1) is 11.8 Å². The molecule has 2 aliphatic rings. The van der Waals surface area contributed by atoms with Crippen molar-refractivity contribution >= 4 is 17.5 Å². The molecule has 17 heavy (non-hydrogen) atoms. The second-order valence-electron chi connectivity index (χ2n) is 4.65. The maximum atomic E-state index is 11.7. The van der Waals surface area contributed by atoms with E-state index in [1.165, 1.54) is 0 Å². The van der Waals surface area contributed by atoms with Crippen LogP contribution < -0.4 is 16.6 Å². The van der Waals surface area contributed by atoms with E-state index in [1.807, 2.05) is 18.2 Å². The summed E-state index contributed by atoms with van der Waals surface area (Å²) in [6, 6.07) is 5.70. The molecule has 0 bridgehead atoms. The number of carbonyl (C=O) groups is 2. The number of fused-ring (bicyclic) bond motifs is 1. The smallest absolute Gasteiger partial charge is 0.244 e. The minimum absolute atomic E-state index is 0.00488. The Labute approximate surface area is 98.3 Å². The number of amides is 2. The highest BCUT2D eigenvalue weighted by atomic mass is 16.2. The molecule has 0 unspecified atom stereocenters. The Morgan fingerprint density at radius 3 is 2.82 bits per heavy atom. The van der Waals surface area contributed by atoms with E-state index in [9.17, 15) is 9.59 Å². The third-order valence-corrected chi connectivity index (χ3v) is 3.60. The Hall–Kier alpha value is -1.88. The summed E-state index contributed by atoms with van der Waals surface area (Å²) in [6.07, 6.45) is 2.02. The Bertz CT molecular complexity index is 520. The molecule has 1 aromatic carbocycles. The van der Waals surface area contributed by atoms with Crippen molar-refractivity contribution in [2.45, 2.75) is 24.7 Å². The van der Waals surface area contributed by atoms with Gasteiger partial charge < -0.3 is 5.32 Å². The zero-order valence-electron chi connectivity index (χ0n) is 9.25. The van der Waals surface area contributed by atoms with Crippen LogP contribution in [0.25, 0.3) is 0 Å². The average Bonchev–Trinajstić information content (AvgIpc) is 3.04. The number of carbonyl (C=O) groups excluding carboxylic acids is 2. The second kappa shape index (κ2) is 3.30. The summed E-state index contributed by atoms with van der Waals surface area (Å²) >= 11 is 0. The van der Waals surface area contributed by atoms with Gasteiger partial charge in [-0.25, -0.2) is 5.84 Å². The van der Waals surface area contributed by atoms with Gasteiger partial charge in [-0.15, -0.1) is 0 Å². The molecule has 1 saturated carbocycles. The lowest BCUT2D eigenvalue weighted by atomic mass is 9.93. The predicted octanol–water partition coefficient (Wildman–Crippen LogP) is 0.203. The SMILES string of the molecule is NNC(=O)C1(c2ccc3c(c2)CC(=O)N3)CC1. The van der Waals surface area contributed by atoms with E-state index >= 15 is 0 Å². The van der Waals surface area contributed by atoms with Crippen molar-refractivity contribution in [2.75, 3.05) is 5.32 Å². The van der Waals surface area contributed by atoms with Crippen molar-refractivity contribution in [1.29, 1.82) is 0 Å². The molecule has 88 valence electrons. The van der Waals surface area contributed by atoms with Crippen molar-refractivity contribution in [2.24, 2.45) is 5.84 Å². The summed E-state index contributed by atoms with van der Waals surface area (Å²) in [5, 5.41) is 2.78. The van der Waals surface area contributed by atoms with Crippen LogP contribution in [0.5, 0.6) is 0 Å². The van der Waals surface area contributed by atoms with Gasteiger partial charge in [0.15, 0.2) is 0 Å². The van der Waals surface area contributed by atoms with Crippen molar-refractivity contribution < 1.29 is 9.59 Å². The molecule has 1 aromatic rings. The summed E-state index contributed by atoms with van der Waals surface area (Å²) in [6.45, 7) is 0. The van der Waals surface area contributed by atoms with Crippen molar-refractivity contribution in [3.8, 4) is 0 Å². The molecule has 0 saturated heterocycles. The minimum Gasteiger partial charge on any atom is -0.326 e. The van der Waals surface area contributed by atoms with Crippen molar-refractivity contribution in [3.63, 3.8) is 0 Å². The largest absolute Gasteiger partial charge is 0.326 e. The number of anilines is 1. The quantitative estimate of drug-likeness (QED) is 0.386. The van der Waals surface area contributed by atoms with E-state index in [0.29, 0.717) is 6.42 Å². The molecule has 0 atom stereocenters. The molecule has 1 heterocycles. The average molecular weight is 231 g/mol. The number of hydrogen-bond acceptors (Lipinski definition) is 3. The molecule has 3 rings (SSSR count). The number of nitrogens with two attached hydrogens (primary N) is 1. The van der Waals surface area contributed by atoms with Crippen LogP contribution >= 0.6 is 0 Å². The number of rotatable bonds is 2. The first-order chi connectivity index (χ1) is 8.15. The van der Waals surface area contributed by atoms with Crippen LogP contribution in [0.15, 0.2) is 18.2 Å². The summed E-state index contributed by atoms with van der Waals surface area (Å²) < 4.78 is 0. The van der Waals surface area contributed by atoms with E-state index in [2.05, 4.69) is 10.7 Å². The third kappa shape index (κ3) is 1.43. The minimum atomic E-state index is -0.463. The zero-order chi connectivity index (χ0) is 12.0. The molecule has 0 aromatic heterocycles. The van der Waals surface area contributed by atoms with Gasteiger partial charge in [0.2, 0.25) is 11.8 Å². The predicted molar refractivity (Wildman–Crippen MR) is 62.0 cm³/mol. The molecule has 1 aliphatic carbocycles. The van der Waals surface area contributed by atoms with Crippen molar-refractivity contribution in [3.05, 3.63) is 29.3 Å². The maximum Gasteiger partial charge on any atom is 0.244 e. The highest BCUT2D eigenvalue weighted by molar-refractivity contribution is 5.99. The number of hydrazine groups is 1. The van der Waals surface area contributed by atoms with Gasteiger partial charge in [-0.2, -0.15) is 0 Å². The van der Waals surface area contributed by atoms with Gasteiger partial charge in [-0.05, 0) is 30.0 Å². The van der Waals surface area contributed by atoms with Gasteiger partial charge in [-0.1, -0.05) is 12.1 Å². The molecule has 5 heteroatoms. The Balaban J connectivity index is 1.99. The van der Waals surface area contributed by atoms with E-state index < -0.39 is 5.41 Å². The number of nitrogens with one attached hydrogen (secondary N) is 2. The Morgan fingerprint density at radius 1 is 1.41 bits per heavy atom. The topological polar surface area (TPSA) is 84.2 Å². The lowest BCUT2D eigenvalue weighted by Crippen LogP contribution is -2.39. The van der Waals surface area contributed by atoms with Gasteiger partial charge in [0.25, 0.3) is 0 Å². The van der Waals surface area contributed by atoms with Crippen LogP contribution in [0.3, 0.4) is 0 Å². The number of benzene rings is 1. The van der Waals surface area contributed by atoms with Crippen LogP contribution in [0.1, 0.15) is 24.0 Å². The van der Waals surface area contributed by atoms with Crippen LogP contribution in [-0.2, 0) is 21.4 Å². The van der Waals surface area contributed by atoms with E-state index in [4.69, 9.17) is 5.84 Å². The van der Waals surface area contributed by atoms with Crippen molar-refractivity contribution in [1.82, 2.24) is 5.43 Å². The molecular weight excluding hydrogens is 218 g/mol. The van der Waals surface area contributed by atoms with Crippen LogP contribution in [-0.4, -0.2) is 11.8 Å².